The number of carbonyl (C=O) groups excluding carboxylic acids is 1. The molecule has 1 aromatic rings. The first-order chi connectivity index (χ1) is 8.99. The first kappa shape index (κ1) is 13.4. The molecule has 0 spiro atoms. The molecule has 2 rings (SSSR count). The van der Waals surface area contributed by atoms with Crippen molar-refractivity contribution in [3.63, 3.8) is 0 Å². The van der Waals surface area contributed by atoms with Gasteiger partial charge in [0.2, 0.25) is 5.91 Å². The Labute approximate surface area is 112 Å². The third kappa shape index (κ3) is 2.86. The van der Waals surface area contributed by atoms with Gasteiger partial charge in [-0.1, -0.05) is 12.1 Å². The molecular weight excluding hydrogens is 244 g/mol. The highest BCUT2D eigenvalue weighted by atomic mass is 16.4. The number of fused-ring (bicyclic) bond motifs is 1. The second-order valence-corrected chi connectivity index (χ2v) is 4.87. The van der Waals surface area contributed by atoms with E-state index in [1.165, 1.54) is 4.90 Å². The maximum Gasteiger partial charge on any atom is 0.407 e. The lowest BCUT2D eigenvalue weighted by atomic mass is 9.98. The van der Waals surface area contributed by atoms with Crippen LogP contribution in [-0.2, 0) is 17.6 Å². The van der Waals surface area contributed by atoms with Crippen molar-refractivity contribution in [3.05, 3.63) is 29.3 Å². The quantitative estimate of drug-likeness (QED) is 0.902. The molecule has 0 fully saturated rings. The standard InChI is InChI=1S/C14H18N2O3/c1-15(14(18)19)8-7-10-3-5-12-11(9-10)4-6-13(17)16(12)2/h3,5,9H,4,6-8H2,1-2H3,(H,18,19). The lowest BCUT2D eigenvalue weighted by Crippen LogP contribution is -2.31. The number of carbonyl (C=O) groups is 2. The van der Waals surface area contributed by atoms with Crippen molar-refractivity contribution in [2.45, 2.75) is 19.3 Å². The second kappa shape index (κ2) is 5.30. The molecule has 19 heavy (non-hydrogen) atoms. The summed E-state index contributed by atoms with van der Waals surface area (Å²) in [6.45, 7) is 0.475. The predicted molar refractivity (Wildman–Crippen MR) is 72.5 cm³/mol. The molecule has 5 heteroatoms. The summed E-state index contributed by atoms with van der Waals surface area (Å²) in [6, 6.07) is 5.99. The van der Waals surface area contributed by atoms with Crippen LogP contribution in [0.2, 0.25) is 0 Å². The van der Waals surface area contributed by atoms with Crippen LogP contribution < -0.4 is 4.90 Å². The molecule has 0 bridgehead atoms. The molecule has 0 radical (unpaired) electrons. The van der Waals surface area contributed by atoms with E-state index in [1.54, 1.807) is 19.0 Å². The fourth-order valence-corrected chi connectivity index (χ4v) is 2.26. The Kier molecular flexibility index (Phi) is 3.74. The van der Waals surface area contributed by atoms with Gasteiger partial charge in [-0.15, -0.1) is 0 Å². The summed E-state index contributed by atoms with van der Waals surface area (Å²) in [5.41, 5.74) is 3.23. The van der Waals surface area contributed by atoms with Crippen molar-refractivity contribution >= 4 is 17.7 Å². The van der Waals surface area contributed by atoms with Gasteiger partial charge in [-0.05, 0) is 30.0 Å². The molecule has 1 heterocycles. The molecule has 0 atom stereocenters. The minimum Gasteiger partial charge on any atom is -0.465 e. The van der Waals surface area contributed by atoms with Crippen LogP contribution in [0.25, 0.3) is 0 Å². The van der Waals surface area contributed by atoms with Gasteiger partial charge in [0.15, 0.2) is 0 Å². The Morgan fingerprint density at radius 1 is 1.42 bits per heavy atom. The van der Waals surface area contributed by atoms with Gasteiger partial charge in [-0.25, -0.2) is 4.79 Å². The lowest BCUT2D eigenvalue weighted by molar-refractivity contribution is -0.118. The highest BCUT2D eigenvalue weighted by Crippen LogP contribution is 2.27. The molecular formula is C14H18N2O3. The SMILES string of the molecule is CN(CCc1ccc2c(c1)CCC(=O)N2C)C(=O)O. The summed E-state index contributed by atoms with van der Waals surface area (Å²) in [5, 5.41) is 8.80. The summed E-state index contributed by atoms with van der Waals surface area (Å²) >= 11 is 0. The van der Waals surface area contributed by atoms with E-state index in [9.17, 15) is 9.59 Å². The highest BCUT2D eigenvalue weighted by molar-refractivity contribution is 5.95. The van der Waals surface area contributed by atoms with Crippen LogP contribution in [0, 0.1) is 0 Å². The van der Waals surface area contributed by atoms with Crippen LogP contribution in [0.4, 0.5) is 10.5 Å². The van der Waals surface area contributed by atoms with Crippen LogP contribution in [0.1, 0.15) is 17.5 Å². The van der Waals surface area contributed by atoms with E-state index in [0.717, 1.165) is 23.2 Å². The predicted octanol–water partition coefficient (Wildman–Crippen LogP) is 1.75. The van der Waals surface area contributed by atoms with E-state index in [4.69, 9.17) is 5.11 Å². The Morgan fingerprint density at radius 2 is 2.16 bits per heavy atom. The number of hydrogen-bond acceptors (Lipinski definition) is 2. The van der Waals surface area contributed by atoms with Gasteiger partial charge in [0, 0.05) is 32.7 Å². The number of benzene rings is 1. The fraction of sp³-hybridized carbons (Fsp3) is 0.429. The average molecular weight is 262 g/mol. The van der Waals surface area contributed by atoms with Gasteiger partial charge in [-0.2, -0.15) is 0 Å². The number of anilines is 1. The molecule has 0 unspecified atom stereocenters. The third-order valence-electron chi connectivity index (χ3n) is 3.55. The first-order valence-corrected chi connectivity index (χ1v) is 6.31. The molecule has 0 saturated heterocycles. The molecule has 1 aliphatic rings. The molecule has 1 N–H and O–H groups in total. The topological polar surface area (TPSA) is 60.9 Å². The van der Waals surface area contributed by atoms with Crippen molar-refractivity contribution in [2.75, 3.05) is 25.5 Å². The Hall–Kier alpha value is -2.04. The zero-order chi connectivity index (χ0) is 14.0. The number of nitrogens with zero attached hydrogens (tertiary/aromatic N) is 2. The fourth-order valence-electron chi connectivity index (χ4n) is 2.26. The Balaban J connectivity index is 2.09. The van der Waals surface area contributed by atoms with E-state index in [-0.39, 0.29) is 5.91 Å². The van der Waals surface area contributed by atoms with Crippen LogP contribution in [-0.4, -0.2) is 42.6 Å². The third-order valence-corrected chi connectivity index (χ3v) is 3.55. The molecule has 0 aromatic heterocycles. The van der Waals surface area contributed by atoms with Gasteiger partial charge < -0.3 is 14.9 Å². The number of carboxylic acid groups (broad SMARTS) is 1. The smallest absolute Gasteiger partial charge is 0.407 e. The minimum absolute atomic E-state index is 0.144. The maximum atomic E-state index is 11.6. The van der Waals surface area contributed by atoms with E-state index in [2.05, 4.69) is 6.07 Å². The Bertz CT molecular complexity index is 513. The van der Waals surface area contributed by atoms with Crippen LogP contribution >= 0.6 is 0 Å². The summed E-state index contributed by atoms with van der Waals surface area (Å²) < 4.78 is 0. The van der Waals surface area contributed by atoms with Crippen molar-refractivity contribution in [3.8, 4) is 0 Å². The summed E-state index contributed by atoms with van der Waals surface area (Å²) in [5.74, 6) is 0.144. The number of rotatable bonds is 3. The van der Waals surface area contributed by atoms with Crippen molar-refractivity contribution < 1.29 is 14.7 Å². The van der Waals surface area contributed by atoms with Gasteiger partial charge in [0.25, 0.3) is 0 Å². The Morgan fingerprint density at radius 3 is 2.84 bits per heavy atom. The van der Waals surface area contributed by atoms with Crippen LogP contribution in [0.5, 0.6) is 0 Å². The van der Waals surface area contributed by atoms with Crippen LogP contribution in [0.3, 0.4) is 0 Å². The highest BCUT2D eigenvalue weighted by Gasteiger charge is 2.20. The van der Waals surface area contributed by atoms with Crippen molar-refractivity contribution in [1.82, 2.24) is 4.90 Å². The largest absolute Gasteiger partial charge is 0.465 e. The summed E-state index contributed by atoms with van der Waals surface area (Å²) in [6.07, 6.45) is 1.08. The number of hydrogen-bond donors (Lipinski definition) is 1. The zero-order valence-corrected chi connectivity index (χ0v) is 11.2. The molecule has 5 nitrogen and oxygen atoms in total. The van der Waals surface area contributed by atoms with Gasteiger partial charge in [0.05, 0.1) is 0 Å². The second-order valence-electron chi connectivity index (χ2n) is 4.87. The first-order valence-electron chi connectivity index (χ1n) is 6.31. The van der Waals surface area contributed by atoms with Crippen molar-refractivity contribution in [2.24, 2.45) is 0 Å². The summed E-state index contributed by atoms with van der Waals surface area (Å²) in [4.78, 5) is 25.3. The normalized spacial score (nSPS) is 14.2. The van der Waals surface area contributed by atoms with E-state index < -0.39 is 6.09 Å². The molecule has 1 aliphatic heterocycles. The molecule has 0 saturated carbocycles. The number of aryl methyl sites for hydroxylation is 1. The maximum absolute atomic E-state index is 11.6. The molecule has 2 amide bonds. The molecule has 102 valence electrons. The molecule has 0 aliphatic carbocycles. The number of amides is 2. The van der Waals surface area contributed by atoms with E-state index in [1.807, 2.05) is 12.1 Å². The van der Waals surface area contributed by atoms with E-state index >= 15 is 0 Å². The lowest BCUT2D eigenvalue weighted by Gasteiger charge is -2.26. The molecule has 1 aromatic carbocycles. The van der Waals surface area contributed by atoms with Crippen molar-refractivity contribution in [1.29, 1.82) is 0 Å². The van der Waals surface area contributed by atoms with Gasteiger partial charge in [0.1, 0.15) is 0 Å². The minimum atomic E-state index is -0.914. The number of likely N-dealkylation sites (N-methyl/N-ethyl adjacent to an activating group) is 1. The van der Waals surface area contributed by atoms with Gasteiger partial charge in [-0.3, -0.25) is 4.79 Å². The van der Waals surface area contributed by atoms with E-state index in [0.29, 0.717) is 19.4 Å². The average Bonchev–Trinajstić information content (AvgIpc) is 2.40. The zero-order valence-electron chi connectivity index (χ0n) is 11.2. The summed E-state index contributed by atoms with van der Waals surface area (Å²) in [7, 11) is 3.35. The van der Waals surface area contributed by atoms with Crippen LogP contribution in [0.15, 0.2) is 18.2 Å². The van der Waals surface area contributed by atoms with Gasteiger partial charge >= 0.3 is 6.09 Å². The monoisotopic (exact) mass is 262 g/mol.